The van der Waals surface area contributed by atoms with Gasteiger partial charge in [0.2, 0.25) is 0 Å². The fourth-order valence-electron chi connectivity index (χ4n) is 3.17. The van der Waals surface area contributed by atoms with Gasteiger partial charge >= 0.3 is 0 Å². The second kappa shape index (κ2) is 13.1. The van der Waals surface area contributed by atoms with Crippen LogP contribution in [-0.4, -0.2) is 88.4 Å². The number of hydrogen-bond acceptors (Lipinski definition) is 4. The van der Waals surface area contributed by atoms with Crippen molar-refractivity contribution in [1.82, 2.24) is 20.4 Å². The van der Waals surface area contributed by atoms with Crippen molar-refractivity contribution in [2.45, 2.75) is 26.2 Å². The van der Waals surface area contributed by atoms with Gasteiger partial charge in [-0.2, -0.15) is 0 Å². The third kappa shape index (κ3) is 8.82. The van der Waals surface area contributed by atoms with Gasteiger partial charge in [-0.1, -0.05) is 6.92 Å². The molecule has 0 aromatic heterocycles. The lowest BCUT2D eigenvalue weighted by molar-refractivity contribution is 0.0389. The Kier molecular flexibility index (Phi) is 12.0. The Hall–Kier alpha value is -0.120. The van der Waals surface area contributed by atoms with E-state index in [-0.39, 0.29) is 24.0 Å². The lowest BCUT2D eigenvalue weighted by atomic mass is 9.99. The zero-order valence-corrected chi connectivity index (χ0v) is 17.8. The smallest absolute Gasteiger partial charge is 0.191 e. The predicted molar refractivity (Wildman–Crippen MR) is 111 cm³/mol. The Morgan fingerprint density at radius 1 is 1.00 bits per heavy atom. The van der Waals surface area contributed by atoms with Crippen molar-refractivity contribution in [3.8, 4) is 0 Å². The average molecular weight is 453 g/mol. The molecule has 2 heterocycles. The van der Waals surface area contributed by atoms with E-state index in [9.17, 15) is 0 Å². The minimum absolute atomic E-state index is 0. The Balaban J connectivity index is 0.00000288. The van der Waals surface area contributed by atoms with Crippen molar-refractivity contribution in [1.29, 1.82) is 0 Å². The third-order valence-corrected chi connectivity index (χ3v) is 4.87. The van der Waals surface area contributed by atoms with Crippen LogP contribution in [0.5, 0.6) is 0 Å². The molecule has 0 amide bonds. The van der Waals surface area contributed by atoms with E-state index < -0.39 is 0 Å². The summed E-state index contributed by atoms with van der Waals surface area (Å²) in [5, 5.41) is 6.83. The largest absolute Gasteiger partial charge is 0.379 e. The Bertz CT molecular complexity index is 342. The highest BCUT2D eigenvalue weighted by Crippen LogP contribution is 2.15. The summed E-state index contributed by atoms with van der Waals surface area (Å²) in [5.41, 5.74) is 0. The van der Waals surface area contributed by atoms with Crippen LogP contribution in [0.1, 0.15) is 26.2 Å². The number of likely N-dealkylation sites (tertiary alicyclic amines) is 1. The van der Waals surface area contributed by atoms with E-state index in [1.165, 1.54) is 38.9 Å². The third-order valence-electron chi connectivity index (χ3n) is 4.87. The quantitative estimate of drug-likeness (QED) is 0.263. The lowest BCUT2D eigenvalue weighted by Crippen LogP contribution is -2.45. The van der Waals surface area contributed by atoms with Gasteiger partial charge in [0.1, 0.15) is 0 Å². The van der Waals surface area contributed by atoms with Crippen LogP contribution in [0.3, 0.4) is 0 Å². The number of ether oxygens (including phenoxy) is 1. The molecule has 142 valence electrons. The summed E-state index contributed by atoms with van der Waals surface area (Å²) in [5.74, 6) is 1.84. The molecule has 0 saturated carbocycles. The zero-order valence-electron chi connectivity index (χ0n) is 15.4. The van der Waals surface area contributed by atoms with Crippen molar-refractivity contribution < 1.29 is 4.74 Å². The van der Waals surface area contributed by atoms with E-state index in [4.69, 9.17) is 4.74 Å². The molecule has 24 heavy (non-hydrogen) atoms. The maximum absolute atomic E-state index is 5.37. The van der Waals surface area contributed by atoms with Crippen LogP contribution in [0.25, 0.3) is 0 Å². The maximum atomic E-state index is 5.37. The second-order valence-corrected chi connectivity index (χ2v) is 6.76. The van der Waals surface area contributed by atoms with Gasteiger partial charge in [-0.15, -0.1) is 24.0 Å². The Morgan fingerprint density at radius 2 is 1.62 bits per heavy atom. The van der Waals surface area contributed by atoms with Crippen molar-refractivity contribution in [2.75, 3.05) is 72.6 Å². The molecule has 0 aromatic rings. The summed E-state index contributed by atoms with van der Waals surface area (Å²) >= 11 is 0. The highest BCUT2D eigenvalue weighted by molar-refractivity contribution is 14.0. The summed E-state index contributed by atoms with van der Waals surface area (Å²) in [6, 6.07) is 0. The fourth-order valence-corrected chi connectivity index (χ4v) is 3.17. The first-order valence-corrected chi connectivity index (χ1v) is 9.25. The molecule has 2 aliphatic heterocycles. The molecule has 0 aliphatic carbocycles. The summed E-state index contributed by atoms with van der Waals surface area (Å²) < 4.78 is 5.37. The van der Waals surface area contributed by atoms with E-state index in [2.05, 4.69) is 32.3 Å². The number of hydrogen-bond donors (Lipinski definition) is 2. The van der Waals surface area contributed by atoms with Gasteiger partial charge in [0.25, 0.3) is 0 Å². The summed E-state index contributed by atoms with van der Waals surface area (Å²) in [6.07, 6.45) is 3.90. The van der Waals surface area contributed by atoms with Crippen LogP contribution in [0, 0.1) is 5.92 Å². The minimum Gasteiger partial charge on any atom is -0.379 e. The van der Waals surface area contributed by atoms with Gasteiger partial charge < -0.3 is 20.3 Å². The number of halogens is 1. The number of nitrogens with one attached hydrogen (secondary N) is 2. The van der Waals surface area contributed by atoms with Crippen molar-refractivity contribution in [3.05, 3.63) is 0 Å². The highest BCUT2D eigenvalue weighted by atomic mass is 127. The highest BCUT2D eigenvalue weighted by Gasteiger charge is 2.14. The van der Waals surface area contributed by atoms with Crippen molar-refractivity contribution in [2.24, 2.45) is 10.9 Å². The van der Waals surface area contributed by atoms with E-state index in [0.717, 1.165) is 57.8 Å². The molecule has 7 heteroatoms. The topological polar surface area (TPSA) is 52.1 Å². The molecule has 2 N–H and O–H groups in total. The van der Waals surface area contributed by atoms with Crippen molar-refractivity contribution in [3.63, 3.8) is 0 Å². The van der Waals surface area contributed by atoms with E-state index in [0.29, 0.717) is 0 Å². The van der Waals surface area contributed by atoms with Crippen LogP contribution in [0.4, 0.5) is 0 Å². The van der Waals surface area contributed by atoms with Gasteiger partial charge in [-0.05, 0) is 44.8 Å². The monoisotopic (exact) mass is 453 g/mol. The van der Waals surface area contributed by atoms with Gasteiger partial charge in [-0.3, -0.25) is 9.89 Å². The zero-order chi connectivity index (χ0) is 16.3. The Morgan fingerprint density at radius 3 is 2.29 bits per heavy atom. The molecule has 2 fully saturated rings. The molecular weight excluding hydrogens is 417 g/mol. The van der Waals surface area contributed by atoms with E-state index in [1.807, 2.05) is 7.05 Å². The Labute approximate surface area is 164 Å². The number of aliphatic imine (C=N–C) groups is 1. The van der Waals surface area contributed by atoms with Crippen LogP contribution < -0.4 is 10.6 Å². The minimum atomic E-state index is 0. The number of rotatable bonds is 7. The molecule has 0 atom stereocenters. The molecule has 0 bridgehead atoms. The molecule has 2 rings (SSSR count). The van der Waals surface area contributed by atoms with Crippen LogP contribution in [0.15, 0.2) is 4.99 Å². The van der Waals surface area contributed by atoms with E-state index in [1.54, 1.807) is 0 Å². The molecule has 2 saturated heterocycles. The first kappa shape index (κ1) is 21.9. The van der Waals surface area contributed by atoms with Gasteiger partial charge in [0.05, 0.1) is 13.2 Å². The molecule has 0 aromatic carbocycles. The van der Waals surface area contributed by atoms with Crippen LogP contribution in [-0.2, 0) is 4.74 Å². The molecule has 0 spiro atoms. The summed E-state index contributed by atoms with van der Waals surface area (Å²) in [7, 11) is 1.84. The van der Waals surface area contributed by atoms with E-state index >= 15 is 0 Å². The first-order valence-electron chi connectivity index (χ1n) is 9.25. The maximum Gasteiger partial charge on any atom is 0.191 e. The fraction of sp³-hybridized carbons (Fsp3) is 0.941. The van der Waals surface area contributed by atoms with Gasteiger partial charge in [0.15, 0.2) is 5.96 Å². The van der Waals surface area contributed by atoms with Crippen LogP contribution in [0.2, 0.25) is 0 Å². The summed E-state index contributed by atoms with van der Waals surface area (Å²) in [6.45, 7) is 12.9. The standard InChI is InChI=1S/C17H35N5O.HI/c1-16-4-9-21(10-5-16)8-3-6-19-17(18-2)20-7-11-22-12-14-23-15-13-22;/h16H,3-15H2,1-2H3,(H2,18,19,20);1H. The summed E-state index contributed by atoms with van der Waals surface area (Å²) in [4.78, 5) is 9.33. The molecular formula is C17H36IN5O. The number of piperidine rings is 1. The number of morpholine rings is 1. The lowest BCUT2D eigenvalue weighted by Gasteiger charge is -2.30. The first-order chi connectivity index (χ1) is 11.3. The molecule has 0 unspecified atom stereocenters. The SMILES string of the molecule is CN=C(NCCCN1CCC(C)CC1)NCCN1CCOCC1.I. The predicted octanol–water partition coefficient (Wildman–Crippen LogP) is 1.22. The average Bonchev–Trinajstić information content (AvgIpc) is 2.59. The molecule has 0 radical (unpaired) electrons. The van der Waals surface area contributed by atoms with Crippen LogP contribution >= 0.6 is 24.0 Å². The normalized spacial score (nSPS) is 21.3. The second-order valence-electron chi connectivity index (χ2n) is 6.76. The number of nitrogens with zero attached hydrogens (tertiary/aromatic N) is 3. The number of guanidine groups is 1. The molecule has 6 nitrogen and oxygen atoms in total. The van der Waals surface area contributed by atoms with Gasteiger partial charge in [-0.25, -0.2) is 0 Å². The van der Waals surface area contributed by atoms with Crippen molar-refractivity contribution >= 4 is 29.9 Å². The molecule has 2 aliphatic rings. The van der Waals surface area contributed by atoms with Gasteiger partial charge in [0, 0.05) is 39.8 Å².